The fraction of sp³-hybridized carbons (Fsp3) is 0.833. The highest BCUT2D eigenvalue weighted by atomic mass is 16.5. The molecule has 1 aromatic rings. The molecule has 0 radical (unpaired) electrons. The summed E-state index contributed by atoms with van der Waals surface area (Å²) in [6, 6.07) is 0.619. The first-order valence-corrected chi connectivity index (χ1v) is 6.59. The van der Waals surface area contributed by atoms with Crippen LogP contribution in [-0.4, -0.2) is 40.7 Å². The van der Waals surface area contributed by atoms with E-state index in [2.05, 4.69) is 34.2 Å². The van der Waals surface area contributed by atoms with Crippen molar-refractivity contribution in [2.24, 2.45) is 0 Å². The monoisotopic (exact) mass is 238 g/mol. The van der Waals surface area contributed by atoms with Crippen LogP contribution in [-0.2, 0) is 13.0 Å². The highest BCUT2D eigenvalue weighted by Gasteiger charge is 2.22. The highest BCUT2D eigenvalue weighted by Crippen LogP contribution is 2.11. The summed E-state index contributed by atoms with van der Waals surface area (Å²) in [5.74, 6) is 1.59. The molecule has 1 aliphatic rings. The van der Waals surface area contributed by atoms with Gasteiger partial charge in [0, 0.05) is 19.0 Å². The van der Waals surface area contributed by atoms with E-state index >= 15 is 0 Å². The summed E-state index contributed by atoms with van der Waals surface area (Å²) in [4.78, 5) is 6.84. The lowest BCUT2D eigenvalue weighted by Crippen LogP contribution is -2.36. The number of nitrogens with one attached hydrogen (secondary N) is 1. The van der Waals surface area contributed by atoms with E-state index in [9.17, 15) is 0 Å². The van der Waals surface area contributed by atoms with Gasteiger partial charge in [0.2, 0.25) is 5.89 Å². The zero-order valence-electron chi connectivity index (χ0n) is 10.8. The van der Waals surface area contributed by atoms with Crippen LogP contribution in [0.2, 0.25) is 0 Å². The number of hydrogen-bond acceptors (Lipinski definition) is 5. The SMILES string of the molecule is CCCc1nc(CN(CC)C2CCNC2)no1. The maximum Gasteiger partial charge on any atom is 0.226 e. The molecule has 0 spiro atoms. The average Bonchev–Trinajstić information content (AvgIpc) is 2.97. The Morgan fingerprint density at radius 3 is 3.00 bits per heavy atom. The molecule has 2 rings (SSSR count). The molecule has 5 nitrogen and oxygen atoms in total. The molecule has 0 bridgehead atoms. The van der Waals surface area contributed by atoms with E-state index in [0.717, 1.165) is 50.7 Å². The summed E-state index contributed by atoms with van der Waals surface area (Å²) >= 11 is 0. The molecule has 96 valence electrons. The standard InChI is InChI=1S/C12H22N4O/c1-3-5-12-14-11(15-17-12)9-16(4-2)10-6-7-13-8-10/h10,13H,3-9H2,1-2H3. The number of aromatic nitrogens is 2. The van der Waals surface area contributed by atoms with E-state index in [1.54, 1.807) is 0 Å². The quantitative estimate of drug-likeness (QED) is 0.807. The highest BCUT2D eigenvalue weighted by molar-refractivity contribution is 4.89. The van der Waals surface area contributed by atoms with Gasteiger partial charge in [-0.3, -0.25) is 4.90 Å². The minimum atomic E-state index is 0.619. The van der Waals surface area contributed by atoms with E-state index in [0.29, 0.717) is 6.04 Å². The van der Waals surface area contributed by atoms with Crippen LogP contribution in [0.15, 0.2) is 4.52 Å². The molecule has 1 unspecified atom stereocenters. The van der Waals surface area contributed by atoms with Crippen LogP contribution in [0, 0.1) is 0 Å². The summed E-state index contributed by atoms with van der Waals surface area (Å²) in [6.45, 7) is 8.33. The number of likely N-dealkylation sites (N-methyl/N-ethyl adjacent to an activating group) is 1. The third-order valence-corrected chi connectivity index (χ3v) is 3.28. The van der Waals surface area contributed by atoms with Crippen LogP contribution < -0.4 is 5.32 Å². The Bertz CT molecular complexity index is 333. The van der Waals surface area contributed by atoms with Crippen LogP contribution in [0.5, 0.6) is 0 Å². The number of rotatable bonds is 6. The van der Waals surface area contributed by atoms with E-state index in [4.69, 9.17) is 4.52 Å². The fourth-order valence-corrected chi connectivity index (χ4v) is 2.30. The molecule has 2 heterocycles. The summed E-state index contributed by atoms with van der Waals surface area (Å²) in [5.41, 5.74) is 0. The van der Waals surface area contributed by atoms with Crippen molar-refractivity contribution in [3.63, 3.8) is 0 Å². The van der Waals surface area contributed by atoms with Crippen molar-refractivity contribution < 1.29 is 4.52 Å². The van der Waals surface area contributed by atoms with Crippen molar-refractivity contribution in [1.29, 1.82) is 0 Å². The molecular formula is C12H22N4O. The summed E-state index contributed by atoms with van der Waals surface area (Å²) in [7, 11) is 0. The Morgan fingerprint density at radius 1 is 1.47 bits per heavy atom. The third kappa shape index (κ3) is 3.26. The molecule has 0 amide bonds. The maximum absolute atomic E-state index is 5.21. The first kappa shape index (κ1) is 12.5. The van der Waals surface area contributed by atoms with Gasteiger partial charge < -0.3 is 9.84 Å². The molecule has 1 N–H and O–H groups in total. The normalized spacial score (nSPS) is 20.3. The van der Waals surface area contributed by atoms with Gasteiger partial charge in [0.25, 0.3) is 0 Å². The predicted molar refractivity (Wildman–Crippen MR) is 65.7 cm³/mol. The largest absolute Gasteiger partial charge is 0.339 e. The van der Waals surface area contributed by atoms with Crippen LogP contribution in [0.25, 0.3) is 0 Å². The zero-order chi connectivity index (χ0) is 12.1. The predicted octanol–water partition coefficient (Wildman–Crippen LogP) is 1.21. The van der Waals surface area contributed by atoms with Gasteiger partial charge in [-0.1, -0.05) is 19.0 Å². The molecule has 0 saturated carbocycles. The van der Waals surface area contributed by atoms with E-state index < -0.39 is 0 Å². The van der Waals surface area contributed by atoms with Gasteiger partial charge in [-0.2, -0.15) is 4.98 Å². The Labute approximate surface area is 103 Å². The molecule has 1 aliphatic heterocycles. The van der Waals surface area contributed by atoms with Crippen molar-refractivity contribution in [2.45, 2.75) is 45.7 Å². The molecule has 0 aromatic carbocycles. The molecular weight excluding hydrogens is 216 g/mol. The second-order valence-electron chi connectivity index (χ2n) is 4.56. The van der Waals surface area contributed by atoms with Crippen molar-refractivity contribution in [1.82, 2.24) is 20.4 Å². The van der Waals surface area contributed by atoms with E-state index in [-0.39, 0.29) is 0 Å². The molecule has 17 heavy (non-hydrogen) atoms. The molecule has 0 aliphatic carbocycles. The summed E-state index contributed by atoms with van der Waals surface area (Å²) in [6.07, 6.45) is 3.14. The smallest absolute Gasteiger partial charge is 0.226 e. The van der Waals surface area contributed by atoms with Crippen molar-refractivity contribution in [3.05, 3.63) is 11.7 Å². The summed E-state index contributed by atoms with van der Waals surface area (Å²) < 4.78 is 5.21. The lowest BCUT2D eigenvalue weighted by atomic mass is 10.2. The van der Waals surface area contributed by atoms with Crippen molar-refractivity contribution in [2.75, 3.05) is 19.6 Å². The first-order chi connectivity index (χ1) is 8.33. The van der Waals surface area contributed by atoms with E-state index in [1.165, 1.54) is 6.42 Å². The van der Waals surface area contributed by atoms with Crippen molar-refractivity contribution >= 4 is 0 Å². The Hall–Kier alpha value is -0.940. The van der Waals surface area contributed by atoms with Crippen LogP contribution in [0.1, 0.15) is 38.4 Å². The lowest BCUT2D eigenvalue weighted by molar-refractivity contribution is 0.202. The first-order valence-electron chi connectivity index (χ1n) is 6.59. The molecule has 1 saturated heterocycles. The number of hydrogen-bond donors (Lipinski definition) is 1. The molecule has 1 atom stereocenters. The topological polar surface area (TPSA) is 54.2 Å². The fourth-order valence-electron chi connectivity index (χ4n) is 2.30. The Morgan fingerprint density at radius 2 is 2.35 bits per heavy atom. The van der Waals surface area contributed by atoms with Gasteiger partial charge in [0.05, 0.1) is 6.54 Å². The lowest BCUT2D eigenvalue weighted by Gasteiger charge is -2.25. The van der Waals surface area contributed by atoms with Crippen LogP contribution in [0.4, 0.5) is 0 Å². The molecule has 1 fully saturated rings. The Kier molecular flexibility index (Phi) is 4.50. The molecule has 1 aromatic heterocycles. The Balaban J connectivity index is 1.92. The maximum atomic E-state index is 5.21. The van der Waals surface area contributed by atoms with Crippen molar-refractivity contribution in [3.8, 4) is 0 Å². The molecule has 5 heteroatoms. The van der Waals surface area contributed by atoms with Gasteiger partial charge in [-0.15, -0.1) is 0 Å². The van der Waals surface area contributed by atoms with Gasteiger partial charge in [0.15, 0.2) is 5.82 Å². The van der Waals surface area contributed by atoms with Crippen LogP contribution in [0.3, 0.4) is 0 Å². The second-order valence-corrected chi connectivity index (χ2v) is 4.56. The number of aryl methyl sites for hydroxylation is 1. The minimum Gasteiger partial charge on any atom is -0.339 e. The van der Waals surface area contributed by atoms with Gasteiger partial charge in [-0.05, 0) is 25.9 Å². The average molecular weight is 238 g/mol. The third-order valence-electron chi connectivity index (χ3n) is 3.28. The van der Waals surface area contributed by atoms with Gasteiger partial charge >= 0.3 is 0 Å². The van der Waals surface area contributed by atoms with Crippen LogP contribution >= 0.6 is 0 Å². The summed E-state index contributed by atoms with van der Waals surface area (Å²) in [5, 5.41) is 7.44. The van der Waals surface area contributed by atoms with Gasteiger partial charge in [-0.25, -0.2) is 0 Å². The van der Waals surface area contributed by atoms with E-state index in [1.807, 2.05) is 0 Å². The van der Waals surface area contributed by atoms with Gasteiger partial charge in [0.1, 0.15) is 0 Å². The zero-order valence-corrected chi connectivity index (χ0v) is 10.8. The minimum absolute atomic E-state index is 0.619. The number of nitrogens with zero attached hydrogens (tertiary/aromatic N) is 3. The second kappa shape index (κ2) is 6.12.